The van der Waals surface area contributed by atoms with Gasteiger partial charge in [-0.15, -0.1) is 0 Å². The monoisotopic (exact) mass is 380 g/mol. The van der Waals surface area contributed by atoms with Crippen LogP contribution in [0.2, 0.25) is 0 Å². The van der Waals surface area contributed by atoms with Gasteiger partial charge in [-0.2, -0.15) is 5.10 Å². The van der Waals surface area contributed by atoms with Gasteiger partial charge in [-0.25, -0.2) is 0 Å². The van der Waals surface area contributed by atoms with Crippen molar-refractivity contribution in [1.29, 1.82) is 0 Å². The molecule has 0 bridgehead atoms. The molecule has 1 fully saturated rings. The topological polar surface area (TPSA) is 42.9 Å². The van der Waals surface area contributed by atoms with E-state index in [2.05, 4.69) is 60.9 Å². The Hall–Kier alpha value is -2.17. The Labute approximate surface area is 169 Å². The number of hydrogen-bond acceptors (Lipinski definition) is 4. The van der Waals surface area contributed by atoms with E-state index < -0.39 is 0 Å². The largest absolute Gasteiger partial charge is 0.384 e. The lowest BCUT2D eigenvalue weighted by molar-refractivity contribution is 0.0107. The summed E-state index contributed by atoms with van der Waals surface area (Å²) in [7, 11) is 3.56. The zero-order chi connectivity index (χ0) is 19.8. The van der Waals surface area contributed by atoms with Crippen molar-refractivity contribution in [1.82, 2.24) is 5.43 Å². The summed E-state index contributed by atoms with van der Waals surface area (Å²) < 4.78 is 11.0. The maximum atomic E-state index is 5.51. The van der Waals surface area contributed by atoms with Crippen molar-refractivity contribution < 1.29 is 9.47 Å². The van der Waals surface area contributed by atoms with Crippen LogP contribution in [0.25, 0.3) is 0 Å². The molecule has 1 N–H and O–H groups in total. The number of ether oxygens (including phenoxy) is 2. The molecular formula is C24H32N2O2. The first-order chi connectivity index (χ1) is 13.7. The number of benzene rings is 2. The van der Waals surface area contributed by atoms with E-state index in [1.54, 1.807) is 14.2 Å². The van der Waals surface area contributed by atoms with Crippen molar-refractivity contribution in [3.8, 4) is 0 Å². The van der Waals surface area contributed by atoms with Gasteiger partial charge in [0, 0.05) is 37.3 Å². The van der Waals surface area contributed by atoms with E-state index in [0.29, 0.717) is 11.8 Å². The molecule has 1 aliphatic carbocycles. The molecule has 4 heteroatoms. The van der Waals surface area contributed by atoms with Gasteiger partial charge >= 0.3 is 0 Å². The van der Waals surface area contributed by atoms with Crippen molar-refractivity contribution >= 4 is 5.71 Å². The van der Waals surface area contributed by atoms with Crippen molar-refractivity contribution in [3.63, 3.8) is 0 Å². The number of nitrogens with one attached hydrogen (secondary N) is 1. The normalized spacial score (nSPS) is 20.7. The fraction of sp³-hybridized carbons (Fsp3) is 0.458. The lowest BCUT2D eigenvalue weighted by Crippen LogP contribution is -2.30. The fourth-order valence-corrected chi connectivity index (χ4v) is 4.58. The van der Waals surface area contributed by atoms with Gasteiger partial charge in [0.2, 0.25) is 0 Å². The zero-order valence-corrected chi connectivity index (χ0v) is 17.2. The molecule has 150 valence electrons. The summed E-state index contributed by atoms with van der Waals surface area (Å²) in [6.45, 7) is 4.70. The van der Waals surface area contributed by atoms with Gasteiger partial charge in [-0.05, 0) is 24.7 Å². The maximum Gasteiger partial charge on any atom is 0.0973 e. The molecule has 28 heavy (non-hydrogen) atoms. The van der Waals surface area contributed by atoms with Crippen molar-refractivity contribution in [2.45, 2.75) is 19.8 Å². The minimum Gasteiger partial charge on any atom is -0.384 e. The van der Waals surface area contributed by atoms with E-state index in [1.807, 2.05) is 12.1 Å². The summed E-state index contributed by atoms with van der Waals surface area (Å²) in [5, 5.41) is 4.81. The molecule has 0 heterocycles. The average molecular weight is 381 g/mol. The summed E-state index contributed by atoms with van der Waals surface area (Å²) in [5.74, 6) is 1.17. The summed E-state index contributed by atoms with van der Waals surface area (Å²) in [6.07, 6.45) is 2.24. The van der Waals surface area contributed by atoms with E-state index in [4.69, 9.17) is 14.6 Å². The van der Waals surface area contributed by atoms with Crippen LogP contribution in [0.4, 0.5) is 0 Å². The van der Waals surface area contributed by atoms with Crippen LogP contribution in [0.5, 0.6) is 0 Å². The molecule has 0 amide bonds. The first-order valence-electron chi connectivity index (χ1n) is 10.1. The minimum atomic E-state index is 0.126. The average Bonchev–Trinajstić information content (AvgIpc) is 3.02. The highest BCUT2D eigenvalue weighted by Crippen LogP contribution is 2.45. The molecule has 0 saturated heterocycles. The molecule has 2 aromatic rings. The summed E-state index contributed by atoms with van der Waals surface area (Å²) in [4.78, 5) is 0. The lowest BCUT2D eigenvalue weighted by Gasteiger charge is -2.27. The molecule has 4 nitrogen and oxygen atoms in total. The van der Waals surface area contributed by atoms with Crippen LogP contribution in [0.1, 0.15) is 30.9 Å². The van der Waals surface area contributed by atoms with E-state index in [0.717, 1.165) is 49.4 Å². The van der Waals surface area contributed by atoms with E-state index in [9.17, 15) is 0 Å². The summed E-state index contributed by atoms with van der Waals surface area (Å²) >= 11 is 0. The second-order valence-electron chi connectivity index (χ2n) is 8.07. The third kappa shape index (κ3) is 5.00. The highest BCUT2D eigenvalue weighted by Gasteiger charge is 2.43. The third-order valence-electron chi connectivity index (χ3n) is 5.79. The van der Waals surface area contributed by atoms with Crippen molar-refractivity contribution in [2.24, 2.45) is 22.4 Å². The zero-order valence-electron chi connectivity index (χ0n) is 17.2. The molecule has 0 unspecified atom stereocenters. The molecule has 2 atom stereocenters. The van der Waals surface area contributed by atoms with Crippen molar-refractivity contribution in [2.75, 3.05) is 34.0 Å². The van der Waals surface area contributed by atoms with E-state index >= 15 is 0 Å². The van der Waals surface area contributed by atoms with Gasteiger partial charge in [0.1, 0.15) is 0 Å². The second kappa shape index (κ2) is 9.85. The molecule has 1 saturated carbocycles. The summed E-state index contributed by atoms with van der Waals surface area (Å²) in [5.41, 5.74) is 6.73. The molecule has 0 aliphatic heterocycles. The first-order valence-corrected chi connectivity index (χ1v) is 10.1. The van der Waals surface area contributed by atoms with Crippen LogP contribution >= 0.6 is 0 Å². The quantitative estimate of drug-likeness (QED) is 0.519. The standard InChI is InChI=1S/C24H32N2O2/c1-19-14-24(17-27-2,18-28-3)15-22(19)16-25-26-23(20-10-6-4-7-11-20)21-12-8-5-9-13-21/h4-13,19,22,25H,14-18H2,1-3H3/t19-,22+/m1/s1. The highest BCUT2D eigenvalue weighted by molar-refractivity contribution is 6.12. The Bertz CT molecular complexity index is 698. The van der Waals surface area contributed by atoms with Gasteiger partial charge in [-0.1, -0.05) is 67.6 Å². The lowest BCUT2D eigenvalue weighted by atomic mass is 9.87. The predicted octanol–water partition coefficient (Wildman–Crippen LogP) is 4.35. The van der Waals surface area contributed by atoms with E-state index in [-0.39, 0.29) is 5.41 Å². The molecule has 0 radical (unpaired) electrons. The molecular weight excluding hydrogens is 348 g/mol. The van der Waals surface area contributed by atoms with Crippen LogP contribution in [-0.4, -0.2) is 39.7 Å². The molecule has 3 rings (SSSR count). The number of methoxy groups -OCH3 is 2. The molecule has 1 aliphatic rings. The van der Waals surface area contributed by atoms with Gasteiger partial charge in [0.05, 0.1) is 18.9 Å². The van der Waals surface area contributed by atoms with Crippen LogP contribution in [0, 0.1) is 17.3 Å². The van der Waals surface area contributed by atoms with Crippen LogP contribution in [0.3, 0.4) is 0 Å². The van der Waals surface area contributed by atoms with E-state index in [1.165, 1.54) is 0 Å². The van der Waals surface area contributed by atoms with Crippen LogP contribution in [-0.2, 0) is 9.47 Å². The number of nitrogens with zero attached hydrogens (tertiary/aromatic N) is 1. The smallest absolute Gasteiger partial charge is 0.0973 e. The third-order valence-corrected chi connectivity index (χ3v) is 5.79. The Morgan fingerprint density at radius 1 is 0.929 bits per heavy atom. The Morgan fingerprint density at radius 2 is 1.46 bits per heavy atom. The number of hydrogen-bond donors (Lipinski definition) is 1. The van der Waals surface area contributed by atoms with Crippen molar-refractivity contribution in [3.05, 3.63) is 71.8 Å². The van der Waals surface area contributed by atoms with Gasteiger partial charge < -0.3 is 14.9 Å². The number of rotatable bonds is 9. The molecule has 2 aromatic carbocycles. The Balaban J connectivity index is 1.72. The molecule has 0 aromatic heterocycles. The van der Waals surface area contributed by atoms with Crippen LogP contribution < -0.4 is 5.43 Å². The second-order valence-corrected chi connectivity index (χ2v) is 8.07. The Morgan fingerprint density at radius 3 is 1.96 bits per heavy atom. The predicted molar refractivity (Wildman–Crippen MR) is 115 cm³/mol. The Kier molecular flexibility index (Phi) is 7.24. The fourth-order valence-electron chi connectivity index (χ4n) is 4.58. The minimum absolute atomic E-state index is 0.126. The van der Waals surface area contributed by atoms with Crippen LogP contribution in [0.15, 0.2) is 65.8 Å². The van der Waals surface area contributed by atoms with Gasteiger partial charge in [0.25, 0.3) is 0 Å². The maximum absolute atomic E-state index is 5.51. The highest BCUT2D eigenvalue weighted by atomic mass is 16.5. The van der Waals surface area contributed by atoms with Gasteiger partial charge in [0.15, 0.2) is 0 Å². The number of hydrazone groups is 1. The molecule has 0 spiro atoms. The van der Waals surface area contributed by atoms with Gasteiger partial charge in [-0.3, -0.25) is 0 Å². The SMILES string of the molecule is COCC1(COC)C[C@@H](CNN=C(c2ccccc2)c2ccccc2)[C@H](C)C1. The first kappa shape index (κ1) is 20.6. The summed E-state index contributed by atoms with van der Waals surface area (Å²) in [6, 6.07) is 20.7.